The lowest BCUT2D eigenvalue weighted by Crippen LogP contribution is -2.34. The zero-order valence-corrected chi connectivity index (χ0v) is 11.4. The second kappa shape index (κ2) is 7.36. The van der Waals surface area contributed by atoms with Gasteiger partial charge in [-0.3, -0.25) is 0 Å². The minimum atomic E-state index is -0.611. The van der Waals surface area contributed by atoms with E-state index in [4.69, 9.17) is 10.5 Å². The van der Waals surface area contributed by atoms with Crippen LogP contribution in [0, 0.1) is 6.92 Å². The Hall–Kier alpha value is -1.10. The van der Waals surface area contributed by atoms with Crippen LogP contribution in [0.15, 0.2) is 18.2 Å². The van der Waals surface area contributed by atoms with E-state index in [1.54, 1.807) is 0 Å². The fourth-order valence-corrected chi connectivity index (χ4v) is 2.04. The smallest absolute Gasteiger partial charge is 0.125 e. The van der Waals surface area contributed by atoms with Crippen LogP contribution in [0.5, 0.6) is 5.75 Å². The van der Waals surface area contributed by atoms with Crippen molar-refractivity contribution in [3.8, 4) is 5.75 Å². The first-order chi connectivity index (χ1) is 8.63. The van der Waals surface area contributed by atoms with Gasteiger partial charge in [0.05, 0.1) is 12.7 Å². The molecular weight excluding hydrogens is 228 g/mol. The highest BCUT2D eigenvalue weighted by Gasteiger charge is 2.22. The lowest BCUT2D eigenvalue weighted by Gasteiger charge is -2.24. The molecule has 0 spiro atoms. The van der Waals surface area contributed by atoms with Gasteiger partial charge in [-0.1, -0.05) is 11.6 Å². The number of nitrogens with one attached hydrogen (secondary N) is 1. The maximum absolute atomic E-state index is 10.4. The summed E-state index contributed by atoms with van der Waals surface area (Å²) >= 11 is 0. The van der Waals surface area contributed by atoms with Crippen molar-refractivity contribution in [2.75, 3.05) is 20.2 Å². The standard InChI is InChI=1S/C14H24N2O2/c1-4-18-13-6-5-10(2)9-11(13)14(17)12(16-3)7-8-15/h5-6,9,12,14,16-17H,4,7-8,15H2,1-3H3. The van der Waals surface area contributed by atoms with Gasteiger partial charge >= 0.3 is 0 Å². The highest BCUT2D eigenvalue weighted by molar-refractivity contribution is 5.39. The highest BCUT2D eigenvalue weighted by Crippen LogP contribution is 2.29. The number of benzene rings is 1. The van der Waals surface area contributed by atoms with E-state index in [-0.39, 0.29) is 6.04 Å². The van der Waals surface area contributed by atoms with Crippen LogP contribution in [0.3, 0.4) is 0 Å². The minimum absolute atomic E-state index is 0.0593. The van der Waals surface area contributed by atoms with Crippen molar-refractivity contribution in [3.05, 3.63) is 29.3 Å². The molecule has 18 heavy (non-hydrogen) atoms. The fourth-order valence-electron chi connectivity index (χ4n) is 2.04. The summed E-state index contributed by atoms with van der Waals surface area (Å²) in [5.74, 6) is 0.743. The summed E-state index contributed by atoms with van der Waals surface area (Å²) < 4.78 is 5.57. The summed E-state index contributed by atoms with van der Waals surface area (Å²) in [6, 6.07) is 5.80. The third kappa shape index (κ3) is 3.70. The third-order valence-electron chi connectivity index (χ3n) is 3.01. The van der Waals surface area contributed by atoms with Crippen LogP contribution in [0.4, 0.5) is 0 Å². The number of rotatable bonds is 7. The Morgan fingerprint density at radius 1 is 1.44 bits per heavy atom. The number of ether oxygens (including phenoxy) is 1. The molecule has 0 aliphatic rings. The van der Waals surface area contributed by atoms with Gasteiger partial charge in [-0.05, 0) is 46.0 Å². The van der Waals surface area contributed by atoms with Gasteiger partial charge in [-0.2, -0.15) is 0 Å². The zero-order valence-electron chi connectivity index (χ0n) is 11.4. The lowest BCUT2D eigenvalue weighted by atomic mass is 9.97. The topological polar surface area (TPSA) is 67.5 Å². The number of likely N-dealkylation sites (N-methyl/N-ethyl adjacent to an activating group) is 1. The van der Waals surface area contributed by atoms with E-state index < -0.39 is 6.10 Å². The number of aliphatic hydroxyl groups is 1. The Balaban J connectivity index is 3.00. The van der Waals surface area contributed by atoms with Crippen molar-refractivity contribution in [1.29, 1.82) is 0 Å². The van der Waals surface area contributed by atoms with Crippen LogP contribution >= 0.6 is 0 Å². The summed E-state index contributed by atoms with van der Waals surface area (Å²) in [6.45, 7) is 5.07. The quantitative estimate of drug-likeness (QED) is 0.685. The monoisotopic (exact) mass is 252 g/mol. The van der Waals surface area contributed by atoms with Gasteiger partial charge in [0.15, 0.2) is 0 Å². The van der Waals surface area contributed by atoms with Crippen molar-refractivity contribution in [3.63, 3.8) is 0 Å². The van der Waals surface area contributed by atoms with Crippen molar-refractivity contribution in [1.82, 2.24) is 5.32 Å². The molecule has 102 valence electrons. The van der Waals surface area contributed by atoms with E-state index >= 15 is 0 Å². The van der Waals surface area contributed by atoms with E-state index in [2.05, 4.69) is 5.32 Å². The number of aliphatic hydroxyl groups excluding tert-OH is 1. The van der Waals surface area contributed by atoms with Crippen molar-refractivity contribution in [2.45, 2.75) is 32.4 Å². The van der Waals surface area contributed by atoms with Crippen molar-refractivity contribution in [2.24, 2.45) is 5.73 Å². The number of hydrogen-bond acceptors (Lipinski definition) is 4. The first-order valence-corrected chi connectivity index (χ1v) is 6.42. The molecule has 4 nitrogen and oxygen atoms in total. The highest BCUT2D eigenvalue weighted by atomic mass is 16.5. The van der Waals surface area contributed by atoms with Crippen LogP contribution in [-0.4, -0.2) is 31.3 Å². The summed E-state index contributed by atoms with van der Waals surface area (Å²) in [6.07, 6.45) is 0.108. The average Bonchev–Trinajstić information content (AvgIpc) is 2.37. The summed E-state index contributed by atoms with van der Waals surface area (Å²) in [5.41, 5.74) is 7.50. The van der Waals surface area contributed by atoms with E-state index in [0.717, 1.165) is 23.3 Å². The van der Waals surface area contributed by atoms with Gasteiger partial charge in [0.25, 0.3) is 0 Å². The van der Waals surface area contributed by atoms with Gasteiger partial charge in [0.1, 0.15) is 5.75 Å². The van der Waals surface area contributed by atoms with E-state index in [1.165, 1.54) is 0 Å². The van der Waals surface area contributed by atoms with Gasteiger partial charge in [0.2, 0.25) is 0 Å². The summed E-state index contributed by atoms with van der Waals surface area (Å²) in [5, 5.41) is 13.5. The molecule has 4 heteroatoms. The number of aryl methyl sites for hydroxylation is 1. The van der Waals surface area contributed by atoms with Gasteiger partial charge < -0.3 is 20.9 Å². The predicted molar refractivity (Wildman–Crippen MR) is 73.8 cm³/mol. The van der Waals surface area contributed by atoms with Crippen molar-refractivity contribution >= 4 is 0 Å². The molecule has 1 aromatic rings. The van der Waals surface area contributed by atoms with Crippen LogP contribution in [-0.2, 0) is 0 Å². The molecule has 0 heterocycles. The molecule has 2 unspecified atom stereocenters. The van der Waals surface area contributed by atoms with E-state index in [9.17, 15) is 5.11 Å². The molecule has 0 saturated carbocycles. The molecular formula is C14H24N2O2. The molecule has 0 radical (unpaired) electrons. The molecule has 0 fully saturated rings. The van der Waals surface area contributed by atoms with Crippen LogP contribution in [0.1, 0.15) is 30.6 Å². The van der Waals surface area contributed by atoms with Gasteiger partial charge in [-0.15, -0.1) is 0 Å². The second-order valence-electron chi connectivity index (χ2n) is 4.39. The Kier molecular flexibility index (Phi) is 6.12. The predicted octanol–water partition coefficient (Wildman–Crippen LogP) is 1.36. The molecule has 2 atom stereocenters. The fraction of sp³-hybridized carbons (Fsp3) is 0.571. The maximum atomic E-state index is 10.4. The molecule has 0 amide bonds. The SMILES string of the molecule is CCOc1ccc(C)cc1C(O)C(CCN)NC. The van der Waals surface area contributed by atoms with Gasteiger partial charge in [0, 0.05) is 11.6 Å². The minimum Gasteiger partial charge on any atom is -0.493 e. The zero-order chi connectivity index (χ0) is 13.5. The molecule has 0 aliphatic heterocycles. The summed E-state index contributed by atoms with van der Waals surface area (Å²) in [4.78, 5) is 0. The Morgan fingerprint density at radius 2 is 2.17 bits per heavy atom. The number of hydrogen-bond donors (Lipinski definition) is 3. The molecule has 0 bridgehead atoms. The molecule has 1 rings (SSSR count). The largest absolute Gasteiger partial charge is 0.493 e. The molecule has 0 saturated heterocycles. The lowest BCUT2D eigenvalue weighted by molar-refractivity contribution is 0.124. The third-order valence-corrected chi connectivity index (χ3v) is 3.01. The molecule has 1 aromatic carbocycles. The molecule has 0 aliphatic carbocycles. The first kappa shape index (κ1) is 15.0. The normalized spacial score (nSPS) is 14.3. The molecule has 4 N–H and O–H groups in total. The van der Waals surface area contributed by atoms with Crippen LogP contribution in [0.25, 0.3) is 0 Å². The van der Waals surface area contributed by atoms with Crippen molar-refractivity contribution < 1.29 is 9.84 Å². The summed E-state index contributed by atoms with van der Waals surface area (Å²) in [7, 11) is 1.83. The Labute approximate surface area is 109 Å². The van der Waals surface area contributed by atoms with E-state index in [1.807, 2.05) is 39.1 Å². The Bertz CT molecular complexity index is 369. The van der Waals surface area contributed by atoms with E-state index in [0.29, 0.717) is 13.2 Å². The van der Waals surface area contributed by atoms with Crippen LogP contribution < -0.4 is 15.8 Å². The molecule has 0 aromatic heterocycles. The number of nitrogens with two attached hydrogens (primary N) is 1. The second-order valence-corrected chi connectivity index (χ2v) is 4.39. The van der Waals surface area contributed by atoms with Gasteiger partial charge in [-0.25, -0.2) is 0 Å². The Morgan fingerprint density at radius 3 is 2.72 bits per heavy atom. The average molecular weight is 252 g/mol. The van der Waals surface area contributed by atoms with Crippen LogP contribution in [0.2, 0.25) is 0 Å². The first-order valence-electron chi connectivity index (χ1n) is 6.42. The maximum Gasteiger partial charge on any atom is 0.125 e.